The minimum absolute atomic E-state index is 0.959. The van der Waals surface area contributed by atoms with Crippen molar-refractivity contribution in [2.45, 2.75) is 25.7 Å². The van der Waals surface area contributed by atoms with Gasteiger partial charge in [-0.25, -0.2) is 0 Å². The van der Waals surface area contributed by atoms with Gasteiger partial charge < -0.3 is 0 Å². The normalized spacial score (nSPS) is 64.0. The maximum Gasteiger partial charge on any atom is -0.0132 e. The van der Waals surface area contributed by atoms with Crippen LogP contribution in [0, 0.1) is 17.3 Å². The molecule has 2 fully saturated rings. The van der Waals surface area contributed by atoms with Crippen LogP contribution in [0.4, 0.5) is 0 Å². The van der Waals surface area contributed by atoms with E-state index in [2.05, 4.69) is 0 Å². The summed E-state index contributed by atoms with van der Waals surface area (Å²) >= 11 is 0. The van der Waals surface area contributed by atoms with Gasteiger partial charge in [0.1, 0.15) is 0 Å². The SMILES string of the molecule is C1CC2=C1C1CC13CC23. The second kappa shape index (κ2) is 0.744. The standard InChI is InChI=1S/C9H10/c1-2-6-5(1)7-3-9(7)4-8(6)9/h7-8H,1-4H2. The molecule has 46 valence electrons. The molecule has 2 atom stereocenters. The molecule has 4 aliphatic carbocycles. The van der Waals surface area contributed by atoms with Crippen molar-refractivity contribution in [3.63, 3.8) is 0 Å². The number of hydrogen-bond donors (Lipinski definition) is 0. The zero-order chi connectivity index (χ0) is 5.64. The third-order valence-corrected chi connectivity index (χ3v) is 4.15. The lowest BCUT2D eigenvalue weighted by atomic mass is 9.85. The Morgan fingerprint density at radius 3 is 1.89 bits per heavy atom. The van der Waals surface area contributed by atoms with Crippen molar-refractivity contribution >= 4 is 0 Å². The van der Waals surface area contributed by atoms with E-state index in [1.807, 2.05) is 11.1 Å². The lowest BCUT2D eigenvalue weighted by Crippen LogP contribution is -2.03. The van der Waals surface area contributed by atoms with E-state index in [1.165, 1.54) is 12.8 Å². The fourth-order valence-electron chi connectivity index (χ4n) is 3.40. The van der Waals surface area contributed by atoms with Crippen molar-refractivity contribution < 1.29 is 0 Å². The number of rotatable bonds is 0. The molecule has 0 bridgehead atoms. The number of allylic oxidation sites excluding steroid dienone is 2. The smallest absolute Gasteiger partial charge is 0.0132 e. The molecule has 4 rings (SSSR count). The predicted octanol–water partition coefficient (Wildman–Crippen LogP) is 2.12. The zero-order valence-electron chi connectivity index (χ0n) is 5.48. The Labute approximate surface area is 54.9 Å². The van der Waals surface area contributed by atoms with E-state index in [4.69, 9.17) is 0 Å². The summed E-state index contributed by atoms with van der Waals surface area (Å²) in [5, 5.41) is 0. The first-order chi connectivity index (χ1) is 4.42. The molecular weight excluding hydrogens is 108 g/mol. The summed E-state index contributed by atoms with van der Waals surface area (Å²) in [5.74, 6) is 2.29. The summed E-state index contributed by atoms with van der Waals surface area (Å²) < 4.78 is 0. The molecule has 0 nitrogen and oxygen atoms in total. The van der Waals surface area contributed by atoms with Crippen LogP contribution >= 0.6 is 0 Å². The number of hydrogen-bond acceptors (Lipinski definition) is 0. The Balaban J connectivity index is 2.04. The van der Waals surface area contributed by atoms with Crippen LogP contribution < -0.4 is 0 Å². The minimum Gasteiger partial charge on any atom is -0.0667 e. The highest BCUT2D eigenvalue weighted by atomic mass is 14.8. The molecule has 0 aromatic carbocycles. The van der Waals surface area contributed by atoms with Crippen LogP contribution in [0.3, 0.4) is 0 Å². The van der Waals surface area contributed by atoms with Crippen LogP contribution in [-0.2, 0) is 0 Å². The molecule has 0 heterocycles. The summed E-state index contributed by atoms with van der Waals surface area (Å²) in [6, 6.07) is 0. The first-order valence-corrected chi connectivity index (χ1v) is 4.14. The quantitative estimate of drug-likeness (QED) is 0.427. The van der Waals surface area contributed by atoms with Crippen LogP contribution in [0.5, 0.6) is 0 Å². The lowest BCUT2D eigenvalue weighted by Gasteiger charge is -2.20. The Bertz CT molecular complexity index is 221. The van der Waals surface area contributed by atoms with Crippen molar-refractivity contribution in [3.05, 3.63) is 11.1 Å². The van der Waals surface area contributed by atoms with E-state index in [9.17, 15) is 0 Å². The van der Waals surface area contributed by atoms with Gasteiger partial charge in [-0.2, -0.15) is 0 Å². The van der Waals surface area contributed by atoms with Gasteiger partial charge in [0.25, 0.3) is 0 Å². The molecule has 0 aromatic rings. The van der Waals surface area contributed by atoms with Gasteiger partial charge in [0.2, 0.25) is 0 Å². The summed E-state index contributed by atoms with van der Waals surface area (Å²) in [6.45, 7) is 0. The maximum absolute atomic E-state index is 1.92. The van der Waals surface area contributed by atoms with Gasteiger partial charge in [-0.1, -0.05) is 11.1 Å². The molecule has 9 heavy (non-hydrogen) atoms. The van der Waals surface area contributed by atoms with Crippen LogP contribution in [0.2, 0.25) is 0 Å². The van der Waals surface area contributed by atoms with Crippen LogP contribution in [0.25, 0.3) is 0 Å². The van der Waals surface area contributed by atoms with Crippen molar-refractivity contribution in [2.24, 2.45) is 17.3 Å². The third kappa shape index (κ3) is 0.211. The van der Waals surface area contributed by atoms with Gasteiger partial charge in [-0.3, -0.25) is 0 Å². The van der Waals surface area contributed by atoms with Gasteiger partial charge in [-0.15, -0.1) is 0 Å². The van der Waals surface area contributed by atoms with Crippen molar-refractivity contribution in [1.29, 1.82) is 0 Å². The molecule has 0 saturated heterocycles. The molecule has 2 saturated carbocycles. The van der Waals surface area contributed by atoms with Gasteiger partial charge in [0.05, 0.1) is 0 Å². The van der Waals surface area contributed by atoms with Crippen LogP contribution in [0.1, 0.15) is 25.7 Å². The van der Waals surface area contributed by atoms with Crippen LogP contribution in [0.15, 0.2) is 11.1 Å². The van der Waals surface area contributed by atoms with E-state index in [0.717, 1.165) is 17.3 Å². The Hall–Kier alpha value is -0.260. The predicted molar refractivity (Wildman–Crippen MR) is 34.9 cm³/mol. The fraction of sp³-hybridized carbons (Fsp3) is 0.778. The maximum atomic E-state index is 1.92. The molecule has 0 aliphatic heterocycles. The lowest BCUT2D eigenvalue weighted by molar-refractivity contribution is 0.705. The monoisotopic (exact) mass is 118 g/mol. The van der Waals surface area contributed by atoms with Crippen LogP contribution in [-0.4, -0.2) is 0 Å². The first-order valence-electron chi connectivity index (χ1n) is 4.14. The summed E-state index contributed by atoms with van der Waals surface area (Å²) in [6.07, 6.45) is 6.16. The Morgan fingerprint density at radius 1 is 1.00 bits per heavy atom. The van der Waals surface area contributed by atoms with E-state index in [1.54, 1.807) is 12.8 Å². The van der Waals surface area contributed by atoms with Gasteiger partial charge >= 0.3 is 0 Å². The summed E-state index contributed by atoms with van der Waals surface area (Å²) in [5.41, 5.74) is 4.80. The molecule has 1 spiro atoms. The van der Waals surface area contributed by atoms with E-state index in [-0.39, 0.29) is 0 Å². The molecule has 0 amide bonds. The van der Waals surface area contributed by atoms with E-state index < -0.39 is 0 Å². The molecule has 0 heteroatoms. The number of fused-ring (bicyclic) bond motifs is 2. The molecule has 0 aromatic heterocycles. The highest BCUT2D eigenvalue weighted by Crippen LogP contribution is 2.86. The van der Waals surface area contributed by atoms with Crippen molar-refractivity contribution in [2.75, 3.05) is 0 Å². The topological polar surface area (TPSA) is 0 Å². The fourth-order valence-corrected chi connectivity index (χ4v) is 3.40. The molecular formula is C9H10. The highest BCUT2D eigenvalue weighted by molar-refractivity contribution is 5.51. The second-order valence-electron chi connectivity index (χ2n) is 4.30. The van der Waals surface area contributed by atoms with E-state index >= 15 is 0 Å². The molecule has 2 unspecified atom stereocenters. The minimum atomic E-state index is 0.959. The molecule has 4 aliphatic rings. The van der Waals surface area contributed by atoms with Gasteiger partial charge in [-0.05, 0) is 42.9 Å². The second-order valence-corrected chi connectivity index (χ2v) is 4.30. The third-order valence-electron chi connectivity index (χ3n) is 4.15. The van der Waals surface area contributed by atoms with Crippen molar-refractivity contribution in [3.8, 4) is 0 Å². The van der Waals surface area contributed by atoms with E-state index in [0.29, 0.717) is 0 Å². The van der Waals surface area contributed by atoms with Gasteiger partial charge in [0.15, 0.2) is 0 Å². The molecule has 0 radical (unpaired) electrons. The Morgan fingerprint density at radius 2 is 1.56 bits per heavy atom. The summed E-state index contributed by atoms with van der Waals surface area (Å²) in [7, 11) is 0. The first kappa shape index (κ1) is 3.80. The summed E-state index contributed by atoms with van der Waals surface area (Å²) in [4.78, 5) is 0. The largest absolute Gasteiger partial charge is 0.0667 e. The molecule has 0 N–H and O–H groups in total. The highest BCUT2D eigenvalue weighted by Gasteiger charge is 2.77. The van der Waals surface area contributed by atoms with Crippen molar-refractivity contribution in [1.82, 2.24) is 0 Å². The average molecular weight is 118 g/mol. The zero-order valence-corrected chi connectivity index (χ0v) is 5.48. The average Bonchev–Trinajstić information content (AvgIpc) is 2.49. The Kier molecular flexibility index (Phi) is 0.314. The van der Waals surface area contributed by atoms with Gasteiger partial charge in [0, 0.05) is 0 Å².